The van der Waals surface area contributed by atoms with Crippen molar-refractivity contribution >= 4 is 33.7 Å². The van der Waals surface area contributed by atoms with Crippen LogP contribution in [0.1, 0.15) is 18.4 Å². The highest BCUT2D eigenvalue weighted by molar-refractivity contribution is 9.10. The highest BCUT2D eigenvalue weighted by Gasteiger charge is 2.51. The summed E-state index contributed by atoms with van der Waals surface area (Å²) >= 11 is 3.46. The number of halogens is 1. The molecule has 2 aliphatic heterocycles. The molecule has 2 heterocycles. The van der Waals surface area contributed by atoms with Crippen LogP contribution in [0.25, 0.3) is 0 Å². The van der Waals surface area contributed by atoms with E-state index in [1.807, 2.05) is 58.3 Å². The molecular weight excluding hydrogens is 462 g/mol. The molecule has 3 amide bonds. The summed E-state index contributed by atoms with van der Waals surface area (Å²) in [5.74, 6) is 0.767. The first kappa shape index (κ1) is 21.5. The molecule has 0 aromatic heterocycles. The Morgan fingerprint density at radius 2 is 1.81 bits per heavy atom. The highest BCUT2D eigenvalue weighted by Crippen LogP contribution is 2.39. The van der Waals surface area contributed by atoms with Gasteiger partial charge < -0.3 is 19.3 Å². The van der Waals surface area contributed by atoms with E-state index < -0.39 is 0 Å². The molecule has 0 saturated carbocycles. The average Bonchev–Trinajstić information content (AvgIpc) is 3.06. The van der Waals surface area contributed by atoms with Gasteiger partial charge in [-0.1, -0.05) is 28.1 Å². The summed E-state index contributed by atoms with van der Waals surface area (Å²) in [5, 5.41) is 0. The van der Waals surface area contributed by atoms with Crippen molar-refractivity contribution in [2.24, 2.45) is 0 Å². The predicted molar refractivity (Wildman–Crippen MR) is 121 cm³/mol. The Balaban J connectivity index is 1.63. The van der Waals surface area contributed by atoms with Crippen LogP contribution in [0.4, 0.5) is 15.3 Å². The number of rotatable bonds is 4. The molecule has 0 N–H and O–H groups in total. The fourth-order valence-corrected chi connectivity index (χ4v) is 4.73. The van der Waals surface area contributed by atoms with Crippen molar-refractivity contribution in [2.75, 3.05) is 38.8 Å². The molecule has 7 nitrogen and oxygen atoms in total. The van der Waals surface area contributed by atoms with Gasteiger partial charge >= 0.3 is 12.1 Å². The topological polar surface area (TPSA) is 62.3 Å². The number of hydrogen-bond acceptors (Lipinski definition) is 4. The minimum Gasteiger partial charge on any atom is -0.497 e. The third-order valence-corrected chi connectivity index (χ3v) is 6.76. The molecule has 2 aliphatic rings. The second kappa shape index (κ2) is 8.78. The number of piperidine rings is 1. The molecule has 0 unspecified atom stereocenters. The van der Waals surface area contributed by atoms with Crippen molar-refractivity contribution in [1.29, 1.82) is 0 Å². The lowest BCUT2D eigenvalue weighted by atomic mass is 9.86. The smallest absolute Gasteiger partial charge is 0.409 e. The van der Waals surface area contributed by atoms with Gasteiger partial charge in [0.2, 0.25) is 0 Å². The Hall–Kier alpha value is -2.74. The van der Waals surface area contributed by atoms with Gasteiger partial charge in [-0.05, 0) is 54.8 Å². The lowest BCUT2D eigenvalue weighted by Crippen LogP contribution is -2.55. The highest BCUT2D eigenvalue weighted by atomic mass is 79.9. The number of benzene rings is 2. The monoisotopic (exact) mass is 487 g/mol. The lowest BCUT2D eigenvalue weighted by molar-refractivity contribution is 0.0615. The van der Waals surface area contributed by atoms with Crippen molar-refractivity contribution in [2.45, 2.75) is 24.9 Å². The van der Waals surface area contributed by atoms with Crippen LogP contribution in [0.2, 0.25) is 0 Å². The van der Waals surface area contributed by atoms with Crippen LogP contribution in [0.15, 0.2) is 53.0 Å². The molecule has 2 fully saturated rings. The summed E-state index contributed by atoms with van der Waals surface area (Å²) in [4.78, 5) is 31.1. The maximum absolute atomic E-state index is 13.6. The van der Waals surface area contributed by atoms with Crippen molar-refractivity contribution in [3.05, 3.63) is 58.6 Å². The number of likely N-dealkylation sites (tertiary alicyclic amines) is 1. The quantitative estimate of drug-likeness (QED) is 0.636. The first-order valence-corrected chi connectivity index (χ1v) is 11.1. The zero-order valence-corrected chi connectivity index (χ0v) is 19.3. The fourth-order valence-electron chi connectivity index (χ4n) is 4.47. The first-order chi connectivity index (χ1) is 15.0. The van der Waals surface area contributed by atoms with Gasteiger partial charge in [0.1, 0.15) is 5.75 Å². The molecule has 0 bridgehead atoms. The van der Waals surface area contributed by atoms with Crippen molar-refractivity contribution in [1.82, 2.24) is 9.80 Å². The SMILES string of the molecule is COC(=O)N1CCC2(CC1)CN(c1ccc(Br)cc1)C(=O)N2Cc1cccc(OC)c1. The number of nitrogens with zero attached hydrogens (tertiary/aromatic N) is 3. The zero-order chi connectivity index (χ0) is 22.0. The second-order valence-corrected chi connectivity index (χ2v) is 8.88. The van der Waals surface area contributed by atoms with Gasteiger partial charge in [0.15, 0.2) is 0 Å². The van der Waals surface area contributed by atoms with Crippen molar-refractivity contribution in [3.8, 4) is 5.75 Å². The molecule has 0 atom stereocenters. The van der Waals surface area contributed by atoms with Gasteiger partial charge in [-0.2, -0.15) is 0 Å². The van der Waals surface area contributed by atoms with Crippen molar-refractivity contribution in [3.63, 3.8) is 0 Å². The largest absolute Gasteiger partial charge is 0.497 e. The number of carbonyl (C=O) groups excluding carboxylic acids is 2. The minimum absolute atomic E-state index is 0.0170. The number of carbonyl (C=O) groups is 2. The van der Waals surface area contributed by atoms with Crippen LogP contribution in [-0.4, -0.2) is 61.3 Å². The van der Waals surface area contributed by atoms with Gasteiger partial charge in [-0.15, -0.1) is 0 Å². The number of methoxy groups -OCH3 is 2. The summed E-state index contributed by atoms with van der Waals surface area (Å²) in [6.07, 6.45) is 1.08. The van der Waals surface area contributed by atoms with Gasteiger partial charge in [0, 0.05) is 29.8 Å². The maximum atomic E-state index is 13.6. The zero-order valence-electron chi connectivity index (χ0n) is 17.7. The van der Waals surface area contributed by atoms with Gasteiger partial charge in [-0.25, -0.2) is 9.59 Å². The predicted octanol–water partition coefficient (Wildman–Crippen LogP) is 4.50. The Bertz CT molecular complexity index is 958. The second-order valence-electron chi connectivity index (χ2n) is 7.96. The third-order valence-electron chi connectivity index (χ3n) is 6.23. The molecular formula is C23H26BrN3O4. The standard InChI is InChI=1S/C23H26BrN3O4/c1-30-20-5-3-4-17(14-20)15-27-21(28)26(19-8-6-18(24)7-9-19)16-23(27)10-12-25(13-11-23)22(29)31-2/h3-9,14H,10-13,15-16H2,1-2H3. The van der Waals surface area contributed by atoms with E-state index in [-0.39, 0.29) is 17.7 Å². The molecule has 2 aromatic carbocycles. The summed E-state index contributed by atoms with van der Waals surface area (Å²) in [5.41, 5.74) is 1.54. The Kier molecular flexibility index (Phi) is 6.09. The van der Waals surface area contributed by atoms with Gasteiger partial charge in [0.25, 0.3) is 0 Å². The van der Waals surface area contributed by atoms with E-state index in [2.05, 4.69) is 15.9 Å². The van der Waals surface area contributed by atoms with E-state index in [0.29, 0.717) is 39.0 Å². The Morgan fingerprint density at radius 1 is 1.10 bits per heavy atom. The number of amides is 3. The van der Waals surface area contributed by atoms with Crippen LogP contribution < -0.4 is 9.64 Å². The molecule has 0 radical (unpaired) electrons. The van der Waals surface area contributed by atoms with Gasteiger partial charge in [-0.3, -0.25) is 4.90 Å². The molecule has 8 heteroatoms. The van der Waals surface area contributed by atoms with Crippen LogP contribution in [0.3, 0.4) is 0 Å². The summed E-state index contributed by atoms with van der Waals surface area (Å²) in [6.45, 7) is 2.19. The van der Waals surface area contributed by atoms with E-state index in [4.69, 9.17) is 9.47 Å². The molecule has 1 spiro atoms. The summed E-state index contributed by atoms with van der Waals surface area (Å²) in [6, 6.07) is 15.6. The van der Waals surface area contributed by atoms with E-state index in [0.717, 1.165) is 21.5 Å². The fraction of sp³-hybridized carbons (Fsp3) is 0.391. The Labute approximate surface area is 190 Å². The lowest BCUT2D eigenvalue weighted by Gasteiger charge is -2.43. The van der Waals surface area contributed by atoms with Gasteiger partial charge in [0.05, 0.1) is 26.3 Å². The molecule has 164 valence electrons. The molecule has 31 heavy (non-hydrogen) atoms. The van der Waals surface area contributed by atoms with Crippen molar-refractivity contribution < 1.29 is 19.1 Å². The molecule has 2 saturated heterocycles. The number of anilines is 1. The number of ether oxygens (including phenoxy) is 2. The Morgan fingerprint density at radius 3 is 2.45 bits per heavy atom. The minimum atomic E-state index is -0.349. The van der Waals surface area contributed by atoms with E-state index in [1.165, 1.54) is 7.11 Å². The van der Waals surface area contributed by atoms with E-state index >= 15 is 0 Å². The van der Waals surface area contributed by atoms with Crippen LogP contribution in [-0.2, 0) is 11.3 Å². The third kappa shape index (κ3) is 4.21. The first-order valence-electron chi connectivity index (χ1n) is 10.3. The molecule has 4 rings (SSSR count). The molecule has 0 aliphatic carbocycles. The summed E-state index contributed by atoms with van der Waals surface area (Å²) in [7, 11) is 3.04. The normalized spacial score (nSPS) is 17.9. The number of urea groups is 1. The van der Waals surface area contributed by atoms with Crippen LogP contribution >= 0.6 is 15.9 Å². The van der Waals surface area contributed by atoms with Crippen LogP contribution in [0, 0.1) is 0 Å². The molecule has 2 aromatic rings. The van der Waals surface area contributed by atoms with E-state index in [1.54, 1.807) is 12.0 Å². The summed E-state index contributed by atoms with van der Waals surface area (Å²) < 4.78 is 11.2. The number of hydrogen-bond donors (Lipinski definition) is 0. The average molecular weight is 488 g/mol. The van der Waals surface area contributed by atoms with E-state index in [9.17, 15) is 9.59 Å². The van der Waals surface area contributed by atoms with Crippen LogP contribution in [0.5, 0.6) is 5.75 Å². The maximum Gasteiger partial charge on any atom is 0.409 e.